The van der Waals surface area contributed by atoms with Gasteiger partial charge in [-0.15, -0.1) is 0 Å². The number of methoxy groups -OCH3 is 1. The van der Waals surface area contributed by atoms with Crippen molar-refractivity contribution in [1.82, 2.24) is 4.90 Å². The highest BCUT2D eigenvalue weighted by Gasteiger charge is 2.22. The predicted octanol–water partition coefficient (Wildman–Crippen LogP) is 2.64. The van der Waals surface area contributed by atoms with Crippen LogP contribution in [0, 0.1) is 0 Å². The van der Waals surface area contributed by atoms with Gasteiger partial charge in [-0.2, -0.15) is 0 Å². The Kier molecular flexibility index (Phi) is 4.37. The average molecular weight is 247 g/mol. The molecule has 0 heterocycles. The first-order valence-corrected chi connectivity index (χ1v) is 6.54. The molecule has 0 aliphatic heterocycles. The van der Waals surface area contributed by atoms with Gasteiger partial charge in [0.2, 0.25) is 0 Å². The molecular weight excluding hydrogens is 226 g/mol. The summed E-state index contributed by atoms with van der Waals surface area (Å²) in [6.45, 7) is 0.870. The third-order valence-electron chi connectivity index (χ3n) is 3.65. The van der Waals surface area contributed by atoms with Crippen LogP contribution in [-0.2, 0) is 11.3 Å². The second-order valence-electron chi connectivity index (χ2n) is 5.06. The number of carbonyl (C=O) groups excluding carboxylic acids is 1. The van der Waals surface area contributed by atoms with Crippen molar-refractivity contribution in [1.29, 1.82) is 0 Å². The second kappa shape index (κ2) is 6.01. The minimum absolute atomic E-state index is 0.400. The summed E-state index contributed by atoms with van der Waals surface area (Å²) in [6, 6.07) is 8.52. The molecule has 1 aromatic carbocycles. The van der Waals surface area contributed by atoms with E-state index in [1.54, 1.807) is 7.11 Å². The molecule has 3 heteroatoms. The summed E-state index contributed by atoms with van der Waals surface area (Å²) in [5, 5.41) is 0. The molecule has 0 radical (unpaired) electrons. The van der Waals surface area contributed by atoms with Crippen molar-refractivity contribution >= 4 is 5.78 Å². The maximum Gasteiger partial charge on any atom is 0.134 e. The monoisotopic (exact) mass is 247 g/mol. The Labute approximate surface area is 109 Å². The molecule has 18 heavy (non-hydrogen) atoms. The first-order valence-electron chi connectivity index (χ1n) is 6.54. The fourth-order valence-corrected chi connectivity index (χ4v) is 2.57. The van der Waals surface area contributed by atoms with E-state index in [4.69, 9.17) is 4.74 Å². The summed E-state index contributed by atoms with van der Waals surface area (Å²) in [4.78, 5) is 13.8. The summed E-state index contributed by atoms with van der Waals surface area (Å²) >= 11 is 0. The zero-order valence-corrected chi connectivity index (χ0v) is 11.2. The molecule has 3 nitrogen and oxygen atoms in total. The van der Waals surface area contributed by atoms with Crippen molar-refractivity contribution in [3.05, 3.63) is 29.8 Å². The van der Waals surface area contributed by atoms with Gasteiger partial charge in [-0.3, -0.25) is 9.69 Å². The Morgan fingerprint density at radius 1 is 1.44 bits per heavy atom. The van der Waals surface area contributed by atoms with Crippen LogP contribution >= 0.6 is 0 Å². The SMILES string of the molecule is COc1cccc(CN(C)C2CCCC(=O)C2)c1. The van der Waals surface area contributed by atoms with Gasteiger partial charge < -0.3 is 4.74 Å². The quantitative estimate of drug-likeness (QED) is 0.819. The molecule has 0 amide bonds. The van der Waals surface area contributed by atoms with E-state index in [0.29, 0.717) is 18.2 Å². The number of nitrogens with zero attached hydrogens (tertiary/aromatic N) is 1. The predicted molar refractivity (Wildman–Crippen MR) is 71.7 cm³/mol. The third-order valence-corrected chi connectivity index (χ3v) is 3.65. The summed E-state index contributed by atoms with van der Waals surface area (Å²) in [5.74, 6) is 1.30. The molecule has 0 spiro atoms. The molecule has 1 saturated carbocycles. The van der Waals surface area contributed by atoms with E-state index in [9.17, 15) is 4.79 Å². The zero-order chi connectivity index (χ0) is 13.0. The fourth-order valence-electron chi connectivity index (χ4n) is 2.57. The molecule has 0 aromatic heterocycles. The van der Waals surface area contributed by atoms with Gasteiger partial charge in [-0.05, 0) is 37.6 Å². The van der Waals surface area contributed by atoms with Crippen LogP contribution in [0.15, 0.2) is 24.3 Å². The summed E-state index contributed by atoms with van der Waals surface area (Å²) in [7, 11) is 3.78. The van der Waals surface area contributed by atoms with E-state index < -0.39 is 0 Å². The number of ketones is 1. The third kappa shape index (κ3) is 3.33. The fraction of sp³-hybridized carbons (Fsp3) is 0.533. The van der Waals surface area contributed by atoms with Gasteiger partial charge in [0.25, 0.3) is 0 Å². The Bertz CT molecular complexity index is 417. The highest BCUT2D eigenvalue weighted by atomic mass is 16.5. The minimum Gasteiger partial charge on any atom is -0.497 e. The lowest BCUT2D eigenvalue weighted by Crippen LogP contribution is -2.35. The smallest absolute Gasteiger partial charge is 0.134 e. The molecular formula is C15H21NO2. The minimum atomic E-state index is 0.400. The van der Waals surface area contributed by atoms with E-state index in [-0.39, 0.29) is 0 Å². The molecule has 0 saturated heterocycles. The summed E-state index contributed by atoms with van der Waals surface area (Å²) in [6.07, 6.45) is 3.64. The Hall–Kier alpha value is -1.35. The molecule has 1 fully saturated rings. The van der Waals surface area contributed by atoms with Crippen molar-refractivity contribution in [2.24, 2.45) is 0 Å². The number of hydrogen-bond acceptors (Lipinski definition) is 3. The lowest BCUT2D eigenvalue weighted by molar-refractivity contribution is -0.121. The summed E-state index contributed by atoms with van der Waals surface area (Å²) < 4.78 is 5.23. The standard InChI is InChI=1S/C15H21NO2/c1-16(13-6-4-7-14(17)10-13)11-12-5-3-8-15(9-12)18-2/h3,5,8-9,13H,4,6-7,10-11H2,1-2H3. The number of ether oxygens (including phenoxy) is 1. The van der Waals surface area contributed by atoms with E-state index >= 15 is 0 Å². The lowest BCUT2D eigenvalue weighted by atomic mass is 9.93. The molecule has 1 aliphatic rings. The largest absolute Gasteiger partial charge is 0.497 e. The number of carbonyl (C=O) groups is 1. The number of hydrogen-bond donors (Lipinski definition) is 0. The first kappa shape index (κ1) is 13.1. The molecule has 1 atom stereocenters. The van der Waals surface area contributed by atoms with Gasteiger partial charge in [0.1, 0.15) is 11.5 Å². The van der Waals surface area contributed by atoms with Gasteiger partial charge >= 0.3 is 0 Å². The van der Waals surface area contributed by atoms with E-state index in [0.717, 1.165) is 31.6 Å². The second-order valence-corrected chi connectivity index (χ2v) is 5.06. The van der Waals surface area contributed by atoms with Gasteiger partial charge in [0.15, 0.2) is 0 Å². The van der Waals surface area contributed by atoms with Crippen LogP contribution < -0.4 is 4.74 Å². The molecule has 2 rings (SSSR count). The Morgan fingerprint density at radius 2 is 2.28 bits per heavy atom. The van der Waals surface area contributed by atoms with Gasteiger partial charge in [-0.25, -0.2) is 0 Å². The summed E-state index contributed by atoms with van der Waals surface area (Å²) in [5.41, 5.74) is 1.23. The molecule has 1 aromatic rings. The molecule has 0 N–H and O–H groups in total. The highest BCUT2D eigenvalue weighted by Crippen LogP contribution is 2.21. The van der Waals surface area contributed by atoms with Crippen LogP contribution in [0.1, 0.15) is 31.2 Å². The Balaban J connectivity index is 1.97. The van der Waals surface area contributed by atoms with Crippen LogP contribution in [0.4, 0.5) is 0 Å². The number of rotatable bonds is 4. The number of benzene rings is 1. The van der Waals surface area contributed by atoms with Crippen molar-refractivity contribution < 1.29 is 9.53 Å². The Morgan fingerprint density at radius 3 is 3.00 bits per heavy atom. The molecule has 98 valence electrons. The maximum atomic E-state index is 11.5. The van der Waals surface area contributed by atoms with Crippen LogP contribution in [0.25, 0.3) is 0 Å². The zero-order valence-electron chi connectivity index (χ0n) is 11.2. The normalized spacial score (nSPS) is 20.2. The van der Waals surface area contributed by atoms with Crippen molar-refractivity contribution in [2.45, 2.75) is 38.3 Å². The molecule has 1 unspecified atom stereocenters. The van der Waals surface area contributed by atoms with Crippen molar-refractivity contribution in [3.8, 4) is 5.75 Å². The van der Waals surface area contributed by atoms with E-state index in [1.807, 2.05) is 12.1 Å². The molecule has 1 aliphatic carbocycles. The highest BCUT2D eigenvalue weighted by molar-refractivity contribution is 5.79. The number of Topliss-reactive ketones (excluding diaryl/α,β-unsaturated/α-hetero) is 1. The van der Waals surface area contributed by atoms with E-state index in [1.165, 1.54) is 5.56 Å². The van der Waals surface area contributed by atoms with E-state index in [2.05, 4.69) is 24.1 Å². The van der Waals surface area contributed by atoms with Gasteiger partial charge in [0.05, 0.1) is 7.11 Å². The van der Waals surface area contributed by atoms with Gasteiger partial charge in [-0.1, -0.05) is 12.1 Å². The van der Waals surface area contributed by atoms with Crippen LogP contribution in [0.2, 0.25) is 0 Å². The maximum absolute atomic E-state index is 11.5. The lowest BCUT2D eigenvalue weighted by Gasteiger charge is -2.30. The topological polar surface area (TPSA) is 29.5 Å². The van der Waals surface area contributed by atoms with Crippen molar-refractivity contribution in [3.63, 3.8) is 0 Å². The average Bonchev–Trinajstić information content (AvgIpc) is 2.39. The van der Waals surface area contributed by atoms with Crippen molar-refractivity contribution in [2.75, 3.05) is 14.2 Å². The van der Waals surface area contributed by atoms with Crippen LogP contribution in [0.3, 0.4) is 0 Å². The van der Waals surface area contributed by atoms with Gasteiger partial charge in [0, 0.05) is 25.4 Å². The first-order chi connectivity index (χ1) is 8.69. The van der Waals surface area contributed by atoms with Crippen LogP contribution in [0.5, 0.6) is 5.75 Å². The molecule has 0 bridgehead atoms. The van der Waals surface area contributed by atoms with Crippen LogP contribution in [-0.4, -0.2) is 30.9 Å².